The number of nitrogens with one attached hydrogen (secondary N) is 2. The molecule has 1 aromatic rings. The summed E-state index contributed by atoms with van der Waals surface area (Å²) in [5.74, 6) is 1.77. The Bertz CT molecular complexity index is 838. The van der Waals surface area contributed by atoms with Gasteiger partial charge in [0.15, 0.2) is 5.82 Å². The largest absolute Gasteiger partial charge is 0.354 e. The fraction of sp³-hybridized carbons (Fsp3) is 0.650. The van der Waals surface area contributed by atoms with Crippen LogP contribution in [-0.2, 0) is 4.84 Å². The molecule has 0 bridgehead atoms. The highest BCUT2D eigenvalue weighted by molar-refractivity contribution is 6.04. The lowest BCUT2D eigenvalue weighted by atomic mass is 9.89. The minimum Gasteiger partial charge on any atom is -0.354 e. The molecule has 4 heterocycles. The van der Waals surface area contributed by atoms with Crippen LogP contribution in [0.1, 0.15) is 31.2 Å². The molecule has 3 fully saturated rings. The van der Waals surface area contributed by atoms with E-state index in [1.807, 2.05) is 11.1 Å². The first kappa shape index (κ1) is 18.6. The second-order valence-corrected chi connectivity index (χ2v) is 8.88. The van der Waals surface area contributed by atoms with E-state index in [4.69, 9.17) is 9.83 Å². The molecule has 1 saturated carbocycles. The Morgan fingerprint density at radius 1 is 1.31 bits per heavy atom. The van der Waals surface area contributed by atoms with Crippen LogP contribution in [-0.4, -0.2) is 84.7 Å². The monoisotopic (exact) mass is 399 g/mol. The van der Waals surface area contributed by atoms with Gasteiger partial charge >= 0.3 is 6.03 Å². The van der Waals surface area contributed by atoms with E-state index >= 15 is 0 Å². The van der Waals surface area contributed by atoms with E-state index in [2.05, 4.69) is 45.6 Å². The van der Waals surface area contributed by atoms with Crippen molar-refractivity contribution in [3.63, 3.8) is 0 Å². The molecule has 29 heavy (non-hydrogen) atoms. The summed E-state index contributed by atoms with van der Waals surface area (Å²) in [6.07, 6.45) is 6.12. The van der Waals surface area contributed by atoms with E-state index in [1.54, 1.807) is 6.20 Å². The van der Waals surface area contributed by atoms with Gasteiger partial charge in [0.05, 0.1) is 17.7 Å². The number of fused-ring (bicyclic) bond motifs is 1. The van der Waals surface area contributed by atoms with E-state index in [0.717, 1.165) is 56.0 Å². The normalized spacial score (nSPS) is 27.6. The van der Waals surface area contributed by atoms with Crippen LogP contribution < -0.4 is 15.7 Å². The number of amidine groups is 1. The van der Waals surface area contributed by atoms with E-state index in [9.17, 15) is 4.79 Å². The minimum absolute atomic E-state index is 0.0750. The molecule has 5 rings (SSSR count). The number of hydroxylamine groups is 1. The maximum absolute atomic E-state index is 11.7. The van der Waals surface area contributed by atoms with Crippen LogP contribution in [0.3, 0.4) is 0 Å². The van der Waals surface area contributed by atoms with E-state index < -0.39 is 0 Å². The molecule has 3 aliphatic heterocycles. The second-order valence-electron chi connectivity index (χ2n) is 8.88. The van der Waals surface area contributed by atoms with Gasteiger partial charge in [-0.15, -0.1) is 0 Å². The summed E-state index contributed by atoms with van der Waals surface area (Å²) in [7, 11) is 4.22. The molecule has 9 nitrogen and oxygen atoms in total. The molecule has 2 saturated heterocycles. The number of urea groups is 1. The van der Waals surface area contributed by atoms with Crippen molar-refractivity contribution in [1.82, 2.24) is 25.4 Å². The fourth-order valence-electron chi connectivity index (χ4n) is 4.63. The second kappa shape index (κ2) is 6.84. The molecule has 0 radical (unpaired) electrons. The van der Waals surface area contributed by atoms with Crippen molar-refractivity contribution in [2.75, 3.05) is 52.1 Å². The quantitative estimate of drug-likeness (QED) is 0.778. The van der Waals surface area contributed by atoms with Crippen LogP contribution in [0.4, 0.5) is 10.6 Å². The Morgan fingerprint density at radius 2 is 2.17 bits per heavy atom. The minimum atomic E-state index is -0.210. The van der Waals surface area contributed by atoms with Gasteiger partial charge < -0.3 is 20.4 Å². The zero-order valence-electron chi connectivity index (χ0n) is 17.1. The first-order chi connectivity index (χ1) is 14.0. The van der Waals surface area contributed by atoms with Gasteiger partial charge in [-0.25, -0.2) is 19.8 Å². The third kappa shape index (κ3) is 3.32. The number of piperidine rings is 1. The summed E-state index contributed by atoms with van der Waals surface area (Å²) in [6.45, 7) is 3.42. The number of likely N-dealkylation sites (tertiary alicyclic amines) is 1. The van der Waals surface area contributed by atoms with Gasteiger partial charge in [-0.1, -0.05) is 0 Å². The average molecular weight is 399 g/mol. The molecule has 4 aliphatic rings. The summed E-state index contributed by atoms with van der Waals surface area (Å²) in [5.41, 5.74) is 0.923. The third-order valence-electron chi connectivity index (χ3n) is 6.72. The molecule has 0 aromatic carbocycles. The zero-order valence-corrected chi connectivity index (χ0v) is 17.1. The number of pyridine rings is 1. The number of hydrogen-bond donors (Lipinski definition) is 2. The van der Waals surface area contributed by atoms with Gasteiger partial charge in [0.2, 0.25) is 0 Å². The van der Waals surface area contributed by atoms with Gasteiger partial charge in [0.25, 0.3) is 0 Å². The maximum atomic E-state index is 11.7. The molecule has 2 amide bonds. The molecule has 1 aromatic heterocycles. The first-order valence-electron chi connectivity index (χ1n) is 10.4. The Labute approximate surface area is 171 Å². The van der Waals surface area contributed by atoms with Gasteiger partial charge in [-0.3, -0.25) is 4.84 Å². The lowest BCUT2D eigenvalue weighted by Gasteiger charge is -2.42. The van der Waals surface area contributed by atoms with E-state index in [-0.39, 0.29) is 17.1 Å². The molecular formula is C20H29N7O2. The summed E-state index contributed by atoms with van der Waals surface area (Å²) in [6, 6.07) is 3.93. The topological polar surface area (TPSA) is 85.3 Å². The first-order valence-corrected chi connectivity index (χ1v) is 10.4. The van der Waals surface area contributed by atoms with E-state index in [0.29, 0.717) is 19.8 Å². The molecule has 1 aliphatic carbocycles. The lowest BCUT2D eigenvalue weighted by molar-refractivity contribution is 0.0491. The average Bonchev–Trinajstić information content (AvgIpc) is 3.45. The summed E-state index contributed by atoms with van der Waals surface area (Å²) < 4.78 is 0. The van der Waals surface area contributed by atoms with Crippen molar-refractivity contribution in [3.8, 4) is 0 Å². The Hall–Kier alpha value is -2.39. The van der Waals surface area contributed by atoms with Crippen LogP contribution in [0, 0.1) is 0 Å². The van der Waals surface area contributed by atoms with Gasteiger partial charge in [-0.05, 0) is 51.9 Å². The Kier molecular flexibility index (Phi) is 4.40. The van der Waals surface area contributed by atoms with E-state index in [1.165, 1.54) is 0 Å². The summed E-state index contributed by atoms with van der Waals surface area (Å²) in [4.78, 5) is 31.9. The van der Waals surface area contributed by atoms with Crippen LogP contribution in [0.5, 0.6) is 0 Å². The summed E-state index contributed by atoms with van der Waals surface area (Å²) >= 11 is 0. The highest BCUT2D eigenvalue weighted by Crippen LogP contribution is 2.41. The smallest absolute Gasteiger partial charge is 0.315 e. The number of aliphatic imine (C=N–C) groups is 1. The molecule has 156 valence electrons. The maximum Gasteiger partial charge on any atom is 0.315 e. The molecule has 1 atom stereocenters. The number of nitrogens with zero attached hydrogens (tertiary/aromatic N) is 5. The van der Waals surface area contributed by atoms with Crippen molar-refractivity contribution in [2.24, 2.45) is 4.99 Å². The SMILES string of the molecule is CN(C)C1(CON2CN=C(N3CCCC4(CNC(=O)N4)C3)c3cccnc32)CC1. The number of likely N-dealkylation sites (N-methyl/N-ethyl adjacent to an activating group) is 1. The number of amides is 2. The van der Waals surface area contributed by atoms with Gasteiger partial charge in [0, 0.05) is 31.4 Å². The summed E-state index contributed by atoms with van der Waals surface area (Å²) in [5, 5.41) is 7.86. The Balaban J connectivity index is 1.34. The number of aromatic nitrogens is 1. The van der Waals surface area contributed by atoms with Crippen molar-refractivity contribution in [3.05, 3.63) is 23.9 Å². The third-order valence-corrected chi connectivity index (χ3v) is 6.72. The standard InChI is InChI=1S/C20H29N7O2/c1-25(2)20(7-8-20)13-29-27-14-23-16(15-5-3-9-21-17(15)27)26-10-4-6-19(12-26)11-22-18(28)24-19/h3,5,9H,4,6-8,10-14H2,1-2H3,(H2,22,24,28). The number of hydrogen-bond acceptors (Lipinski definition) is 7. The zero-order chi connectivity index (χ0) is 20.1. The Morgan fingerprint density at radius 3 is 2.90 bits per heavy atom. The molecule has 2 N–H and O–H groups in total. The number of anilines is 1. The van der Waals surface area contributed by atoms with Crippen LogP contribution >= 0.6 is 0 Å². The van der Waals surface area contributed by atoms with Crippen molar-refractivity contribution in [2.45, 2.75) is 36.8 Å². The highest BCUT2D eigenvalue weighted by Gasteiger charge is 2.46. The number of carbonyl (C=O) groups excluding carboxylic acids is 1. The predicted octanol–water partition coefficient (Wildman–Crippen LogP) is 0.779. The number of carbonyl (C=O) groups is 1. The lowest BCUT2D eigenvalue weighted by Crippen LogP contribution is -2.58. The van der Waals surface area contributed by atoms with Crippen molar-refractivity contribution < 1.29 is 9.63 Å². The van der Waals surface area contributed by atoms with Crippen LogP contribution in [0.2, 0.25) is 0 Å². The van der Waals surface area contributed by atoms with Gasteiger partial charge in [-0.2, -0.15) is 0 Å². The predicted molar refractivity (Wildman–Crippen MR) is 110 cm³/mol. The highest BCUT2D eigenvalue weighted by atomic mass is 16.7. The molecular weight excluding hydrogens is 370 g/mol. The van der Waals surface area contributed by atoms with Crippen LogP contribution in [0.25, 0.3) is 0 Å². The molecule has 1 unspecified atom stereocenters. The number of rotatable bonds is 4. The van der Waals surface area contributed by atoms with Crippen molar-refractivity contribution in [1.29, 1.82) is 0 Å². The van der Waals surface area contributed by atoms with Gasteiger partial charge in [0.1, 0.15) is 12.5 Å². The van der Waals surface area contributed by atoms with Crippen LogP contribution in [0.15, 0.2) is 23.3 Å². The molecule has 1 spiro atoms. The van der Waals surface area contributed by atoms with Crippen molar-refractivity contribution >= 4 is 17.7 Å². The molecule has 9 heteroatoms. The fourth-order valence-corrected chi connectivity index (χ4v) is 4.63.